The standard InChI is InChI=1S/C19H28N2O3/c1-15-6-4-5-7-17(15)19(23)20(2)14-18(22)21-11-8-16(9-12-21)10-13-24-3/h4-7,16H,8-14H2,1-3H3. The van der Waals surface area contributed by atoms with Gasteiger partial charge in [0.05, 0.1) is 6.54 Å². The zero-order valence-corrected chi connectivity index (χ0v) is 15.0. The van der Waals surface area contributed by atoms with Crippen molar-refractivity contribution in [2.45, 2.75) is 26.2 Å². The van der Waals surface area contributed by atoms with E-state index >= 15 is 0 Å². The first-order valence-corrected chi connectivity index (χ1v) is 8.60. The predicted octanol–water partition coefficient (Wildman–Crippen LogP) is 2.34. The van der Waals surface area contributed by atoms with Crippen molar-refractivity contribution in [2.75, 3.05) is 40.4 Å². The topological polar surface area (TPSA) is 49.9 Å². The van der Waals surface area contributed by atoms with Crippen LogP contribution in [0.3, 0.4) is 0 Å². The number of rotatable bonds is 6. The van der Waals surface area contributed by atoms with Crippen molar-refractivity contribution in [2.24, 2.45) is 5.92 Å². The molecular formula is C19H28N2O3. The molecule has 0 aliphatic carbocycles. The fourth-order valence-electron chi connectivity index (χ4n) is 3.15. The van der Waals surface area contributed by atoms with Crippen LogP contribution in [0.15, 0.2) is 24.3 Å². The van der Waals surface area contributed by atoms with Crippen molar-refractivity contribution in [3.05, 3.63) is 35.4 Å². The molecule has 5 heteroatoms. The van der Waals surface area contributed by atoms with E-state index in [1.165, 1.54) is 4.90 Å². The molecule has 1 aromatic rings. The summed E-state index contributed by atoms with van der Waals surface area (Å²) in [6, 6.07) is 7.47. The van der Waals surface area contributed by atoms with Gasteiger partial charge >= 0.3 is 0 Å². The summed E-state index contributed by atoms with van der Waals surface area (Å²) in [6.07, 6.45) is 3.10. The van der Waals surface area contributed by atoms with Crippen LogP contribution in [0.5, 0.6) is 0 Å². The lowest BCUT2D eigenvalue weighted by Crippen LogP contribution is -2.44. The highest BCUT2D eigenvalue weighted by atomic mass is 16.5. The molecule has 0 saturated carbocycles. The van der Waals surface area contributed by atoms with Gasteiger partial charge in [-0.15, -0.1) is 0 Å². The van der Waals surface area contributed by atoms with E-state index < -0.39 is 0 Å². The molecule has 5 nitrogen and oxygen atoms in total. The van der Waals surface area contributed by atoms with Gasteiger partial charge in [-0.2, -0.15) is 0 Å². The van der Waals surface area contributed by atoms with Gasteiger partial charge in [-0.25, -0.2) is 0 Å². The van der Waals surface area contributed by atoms with Gasteiger partial charge in [-0.05, 0) is 43.7 Å². The zero-order chi connectivity index (χ0) is 17.5. The lowest BCUT2D eigenvalue weighted by atomic mass is 9.94. The molecule has 24 heavy (non-hydrogen) atoms. The van der Waals surface area contributed by atoms with Crippen molar-refractivity contribution >= 4 is 11.8 Å². The van der Waals surface area contributed by atoms with Gasteiger partial charge in [-0.3, -0.25) is 9.59 Å². The average molecular weight is 332 g/mol. The third-order valence-corrected chi connectivity index (χ3v) is 4.79. The summed E-state index contributed by atoms with van der Waals surface area (Å²) in [6.45, 7) is 4.38. The number of ether oxygens (including phenoxy) is 1. The van der Waals surface area contributed by atoms with Crippen molar-refractivity contribution < 1.29 is 14.3 Å². The lowest BCUT2D eigenvalue weighted by Gasteiger charge is -2.33. The van der Waals surface area contributed by atoms with E-state index in [1.54, 1.807) is 20.2 Å². The smallest absolute Gasteiger partial charge is 0.254 e. The minimum Gasteiger partial charge on any atom is -0.385 e. The summed E-state index contributed by atoms with van der Waals surface area (Å²) in [5, 5.41) is 0. The van der Waals surface area contributed by atoms with Crippen molar-refractivity contribution in [3.63, 3.8) is 0 Å². The number of likely N-dealkylation sites (N-methyl/N-ethyl adjacent to an activating group) is 1. The van der Waals surface area contributed by atoms with E-state index in [4.69, 9.17) is 4.74 Å². The molecule has 0 atom stereocenters. The summed E-state index contributed by atoms with van der Waals surface area (Å²) < 4.78 is 5.12. The Morgan fingerprint density at radius 1 is 1.25 bits per heavy atom. The zero-order valence-electron chi connectivity index (χ0n) is 15.0. The first kappa shape index (κ1) is 18.5. The van der Waals surface area contributed by atoms with Crippen LogP contribution >= 0.6 is 0 Å². The van der Waals surface area contributed by atoms with E-state index in [0.29, 0.717) is 11.5 Å². The Balaban J connectivity index is 1.84. The Kier molecular flexibility index (Phi) is 6.79. The number of aryl methyl sites for hydroxylation is 1. The monoisotopic (exact) mass is 332 g/mol. The third kappa shape index (κ3) is 4.81. The number of carbonyl (C=O) groups excluding carboxylic acids is 2. The minimum atomic E-state index is -0.101. The van der Waals surface area contributed by atoms with E-state index in [2.05, 4.69) is 0 Å². The van der Waals surface area contributed by atoms with E-state index in [-0.39, 0.29) is 18.4 Å². The van der Waals surface area contributed by atoms with Gasteiger partial charge in [0.25, 0.3) is 5.91 Å². The number of benzene rings is 1. The Bertz CT molecular complexity index is 565. The maximum atomic E-state index is 12.5. The molecule has 2 rings (SSSR count). The molecule has 0 unspecified atom stereocenters. The van der Waals surface area contributed by atoms with Crippen LogP contribution < -0.4 is 0 Å². The largest absolute Gasteiger partial charge is 0.385 e. The molecule has 132 valence electrons. The lowest BCUT2D eigenvalue weighted by molar-refractivity contribution is -0.133. The Morgan fingerprint density at radius 2 is 1.92 bits per heavy atom. The van der Waals surface area contributed by atoms with Crippen LogP contribution in [0.1, 0.15) is 35.2 Å². The number of hydrogen-bond acceptors (Lipinski definition) is 3. The quantitative estimate of drug-likeness (QED) is 0.803. The second kappa shape index (κ2) is 8.83. The summed E-state index contributed by atoms with van der Waals surface area (Å²) >= 11 is 0. The molecule has 0 N–H and O–H groups in total. The molecule has 1 aliphatic heterocycles. The second-order valence-corrected chi connectivity index (χ2v) is 6.58. The highest BCUT2D eigenvalue weighted by molar-refractivity contribution is 5.97. The van der Waals surface area contributed by atoms with Gasteiger partial charge in [0.15, 0.2) is 0 Å². The van der Waals surface area contributed by atoms with Gasteiger partial charge in [-0.1, -0.05) is 18.2 Å². The maximum absolute atomic E-state index is 12.5. The number of likely N-dealkylation sites (tertiary alicyclic amines) is 1. The summed E-state index contributed by atoms with van der Waals surface area (Å²) in [7, 11) is 3.41. The molecule has 1 aromatic carbocycles. The molecule has 1 fully saturated rings. The number of nitrogens with zero attached hydrogens (tertiary/aromatic N) is 2. The SMILES string of the molecule is COCCC1CCN(C(=O)CN(C)C(=O)c2ccccc2C)CC1. The summed E-state index contributed by atoms with van der Waals surface area (Å²) in [4.78, 5) is 28.3. The van der Waals surface area contributed by atoms with Crippen LogP contribution in [0, 0.1) is 12.8 Å². The Labute approximate surface area is 144 Å². The fraction of sp³-hybridized carbons (Fsp3) is 0.579. The molecule has 0 bridgehead atoms. The molecule has 0 spiro atoms. The Morgan fingerprint density at radius 3 is 2.54 bits per heavy atom. The molecule has 2 amide bonds. The minimum absolute atomic E-state index is 0.0321. The summed E-state index contributed by atoms with van der Waals surface area (Å²) in [5.74, 6) is 0.571. The predicted molar refractivity (Wildman–Crippen MR) is 93.9 cm³/mol. The second-order valence-electron chi connectivity index (χ2n) is 6.58. The van der Waals surface area contributed by atoms with Crippen LogP contribution in [-0.4, -0.2) is 62.0 Å². The number of hydrogen-bond donors (Lipinski definition) is 0. The molecule has 1 aliphatic rings. The first-order chi connectivity index (χ1) is 11.5. The van der Waals surface area contributed by atoms with E-state index in [9.17, 15) is 9.59 Å². The molecule has 0 radical (unpaired) electrons. The van der Waals surface area contributed by atoms with Crippen LogP contribution in [0.25, 0.3) is 0 Å². The Hall–Kier alpha value is -1.88. The molecule has 1 saturated heterocycles. The normalized spacial score (nSPS) is 15.4. The fourth-order valence-corrected chi connectivity index (χ4v) is 3.15. The number of methoxy groups -OCH3 is 1. The molecule has 0 aromatic heterocycles. The van der Waals surface area contributed by atoms with Crippen molar-refractivity contribution in [3.8, 4) is 0 Å². The van der Waals surface area contributed by atoms with E-state index in [0.717, 1.165) is 44.5 Å². The van der Waals surface area contributed by atoms with Gasteiger partial charge < -0.3 is 14.5 Å². The van der Waals surface area contributed by atoms with Crippen LogP contribution in [0.4, 0.5) is 0 Å². The van der Waals surface area contributed by atoms with Gasteiger partial charge in [0, 0.05) is 39.4 Å². The molecule has 1 heterocycles. The number of piperidine rings is 1. The third-order valence-electron chi connectivity index (χ3n) is 4.79. The van der Waals surface area contributed by atoms with Crippen molar-refractivity contribution in [1.29, 1.82) is 0 Å². The summed E-state index contributed by atoms with van der Waals surface area (Å²) in [5.41, 5.74) is 1.59. The van der Waals surface area contributed by atoms with Crippen LogP contribution in [-0.2, 0) is 9.53 Å². The van der Waals surface area contributed by atoms with Crippen molar-refractivity contribution in [1.82, 2.24) is 9.80 Å². The van der Waals surface area contributed by atoms with Crippen LogP contribution in [0.2, 0.25) is 0 Å². The maximum Gasteiger partial charge on any atom is 0.254 e. The number of carbonyl (C=O) groups is 2. The van der Waals surface area contributed by atoms with Gasteiger partial charge in [0.2, 0.25) is 5.91 Å². The molecular weight excluding hydrogens is 304 g/mol. The van der Waals surface area contributed by atoms with Gasteiger partial charge in [0.1, 0.15) is 0 Å². The average Bonchev–Trinajstić information content (AvgIpc) is 2.60. The first-order valence-electron chi connectivity index (χ1n) is 8.60. The highest BCUT2D eigenvalue weighted by Crippen LogP contribution is 2.20. The highest BCUT2D eigenvalue weighted by Gasteiger charge is 2.24. The number of amides is 2. The van der Waals surface area contributed by atoms with E-state index in [1.807, 2.05) is 30.0 Å².